The number of amides is 1. The molecule has 1 fully saturated rings. The Morgan fingerprint density at radius 1 is 1.25 bits per heavy atom. The molecule has 1 unspecified atom stereocenters. The SMILES string of the molecule is C[C@H](NC(=O)C(F)F)c1ccc(OC2CCN(c3ccnc(N(C)CC(F)F)n3)C2)cc1. The van der Waals surface area contributed by atoms with Crippen LogP contribution >= 0.6 is 0 Å². The van der Waals surface area contributed by atoms with Crippen molar-refractivity contribution in [3.8, 4) is 5.75 Å². The van der Waals surface area contributed by atoms with Crippen LogP contribution in [0.3, 0.4) is 0 Å². The minimum atomic E-state index is -3.05. The number of ether oxygens (including phenoxy) is 1. The summed E-state index contributed by atoms with van der Waals surface area (Å²) in [6.45, 7) is 2.43. The molecule has 2 heterocycles. The van der Waals surface area contributed by atoms with E-state index in [1.807, 2.05) is 4.90 Å². The molecule has 1 N–H and O–H groups in total. The van der Waals surface area contributed by atoms with E-state index in [2.05, 4.69) is 15.3 Å². The number of hydrogen-bond acceptors (Lipinski definition) is 6. The maximum atomic E-state index is 12.6. The maximum absolute atomic E-state index is 12.6. The van der Waals surface area contributed by atoms with Gasteiger partial charge in [0.2, 0.25) is 5.95 Å². The maximum Gasteiger partial charge on any atom is 0.315 e. The molecule has 1 aliphatic rings. The van der Waals surface area contributed by atoms with Crippen molar-refractivity contribution >= 4 is 17.7 Å². The molecule has 0 saturated carbocycles. The molecule has 1 aromatic carbocycles. The van der Waals surface area contributed by atoms with Crippen LogP contribution in [0.1, 0.15) is 24.9 Å². The minimum absolute atomic E-state index is 0.103. The van der Waals surface area contributed by atoms with Crippen molar-refractivity contribution in [1.29, 1.82) is 0 Å². The number of nitrogens with one attached hydrogen (secondary N) is 1. The smallest absolute Gasteiger partial charge is 0.315 e. The van der Waals surface area contributed by atoms with Gasteiger partial charge < -0.3 is 19.9 Å². The summed E-state index contributed by atoms with van der Waals surface area (Å²) >= 11 is 0. The molecule has 1 saturated heterocycles. The lowest BCUT2D eigenvalue weighted by atomic mass is 10.1. The van der Waals surface area contributed by atoms with E-state index in [0.29, 0.717) is 30.2 Å². The summed E-state index contributed by atoms with van der Waals surface area (Å²) in [7, 11) is 1.52. The fourth-order valence-corrected chi connectivity index (χ4v) is 3.41. The number of benzene rings is 1. The number of carbonyl (C=O) groups excluding carboxylic acids is 1. The van der Waals surface area contributed by atoms with Crippen LogP contribution in [-0.2, 0) is 4.79 Å². The van der Waals surface area contributed by atoms with Crippen LogP contribution in [-0.4, -0.2) is 61.5 Å². The number of aromatic nitrogens is 2. The van der Waals surface area contributed by atoms with Crippen LogP contribution in [0.4, 0.5) is 29.3 Å². The van der Waals surface area contributed by atoms with Gasteiger partial charge in [0.25, 0.3) is 12.3 Å². The number of halogens is 4. The second-order valence-electron chi connectivity index (χ2n) is 7.56. The summed E-state index contributed by atoms with van der Waals surface area (Å²) in [6.07, 6.45) is -3.35. The summed E-state index contributed by atoms with van der Waals surface area (Å²) in [4.78, 5) is 22.9. The Hall–Kier alpha value is -3.11. The zero-order chi connectivity index (χ0) is 23.3. The highest BCUT2D eigenvalue weighted by Gasteiger charge is 2.26. The Morgan fingerprint density at radius 3 is 2.62 bits per heavy atom. The van der Waals surface area contributed by atoms with Crippen molar-refractivity contribution in [2.75, 3.05) is 36.5 Å². The third kappa shape index (κ3) is 6.21. The van der Waals surface area contributed by atoms with Crippen LogP contribution in [0, 0.1) is 0 Å². The Morgan fingerprint density at radius 2 is 1.97 bits per heavy atom. The molecule has 0 spiro atoms. The van der Waals surface area contributed by atoms with Gasteiger partial charge in [-0.1, -0.05) is 12.1 Å². The Bertz CT molecular complexity index is 900. The molecule has 1 aliphatic heterocycles. The zero-order valence-electron chi connectivity index (χ0n) is 17.7. The number of anilines is 2. The standard InChI is InChI=1S/C21H25F4N5O2/c1-13(27-20(31)19(24)25)14-3-5-15(6-4-14)32-16-8-10-30(11-16)18-7-9-26-21(28-18)29(2)12-17(22)23/h3-7,9,13,16-17,19H,8,10-12H2,1-2H3,(H,27,31)/t13-,16?/m0/s1. The largest absolute Gasteiger partial charge is 0.489 e. The fourth-order valence-electron chi connectivity index (χ4n) is 3.41. The molecule has 7 nitrogen and oxygen atoms in total. The lowest BCUT2D eigenvalue weighted by molar-refractivity contribution is -0.132. The summed E-state index contributed by atoms with van der Waals surface area (Å²) in [5.74, 6) is 0.183. The molecule has 2 atom stereocenters. The monoisotopic (exact) mass is 455 g/mol. The van der Waals surface area contributed by atoms with Gasteiger partial charge in [0.1, 0.15) is 17.7 Å². The van der Waals surface area contributed by atoms with Gasteiger partial charge in [-0.05, 0) is 30.7 Å². The molecule has 0 radical (unpaired) electrons. The van der Waals surface area contributed by atoms with E-state index in [0.717, 1.165) is 6.42 Å². The molecule has 0 bridgehead atoms. The molecular weight excluding hydrogens is 430 g/mol. The van der Waals surface area contributed by atoms with Gasteiger partial charge in [0.05, 0.1) is 19.1 Å². The van der Waals surface area contributed by atoms with Crippen molar-refractivity contribution in [2.24, 2.45) is 0 Å². The average Bonchev–Trinajstić information content (AvgIpc) is 3.22. The lowest BCUT2D eigenvalue weighted by Gasteiger charge is -2.21. The van der Waals surface area contributed by atoms with E-state index in [1.54, 1.807) is 43.5 Å². The molecular formula is C21H25F4N5O2. The van der Waals surface area contributed by atoms with E-state index in [4.69, 9.17) is 4.74 Å². The molecule has 32 heavy (non-hydrogen) atoms. The first-order valence-electron chi connectivity index (χ1n) is 10.2. The molecule has 174 valence electrons. The number of rotatable bonds is 9. The van der Waals surface area contributed by atoms with Gasteiger partial charge in [-0.2, -0.15) is 13.8 Å². The highest BCUT2D eigenvalue weighted by atomic mass is 19.3. The van der Waals surface area contributed by atoms with Crippen LogP contribution in [0.25, 0.3) is 0 Å². The summed E-state index contributed by atoms with van der Waals surface area (Å²) < 4.78 is 56.0. The number of nitrogens with zero attached hydrogens (tertiary/aromatic N) is 4. The lowest BCUT2D eigenvalue weighted by Crippen LogP contribution is -2.31. The van der Waals surface area contributed by atoms with Gasteiger partial charge in [0.15, 0.2) is 0 Å². The topological polar surface area (TPSA) is 70.6 Å². The van der Waals surface area contributed by atoms with Crippen LogP contribution in [0.2, 0.25) is 0 Å². The molecule has 2 aromatic rings. The average molecular weight is 455 g/mol. The zero-order valence-corrected chi connectivity index (χ0v) is 17.7. The van der Waals surface area contributed by atoms with Crippen molar-refractivity contribution in [1.82, 2.24) is 15.3 Å². The van der Waals surface area contributed by atoms with Gasteiger partial charge in [-0.15, -0.1) is 0 Å². The number of carbonyl (C=O) groups is 1. The predicted molar refractivity (Wildman–Crippen MR) is 112 cm³/mol. The number of alkyl halides is 4. The summed E-state index contributed by atoms with van der Waals surface area (Å²) in [5.41, 5.74) is 0.681. The summed E-state index contributed by atoms with van der Waals surface area (Å²) in [6, 6.07) is 8.06. The molecule has 3 rings (SSSR count). The van der Waals surface area contributed by atoms with E-state index in [1.165, 1.54) is 11.9 Å². The van der Waals surface area contributed by atoms with Gasteiger partial charge in [-0.25, -0.2) is 13.8 Å². The normalized spacial score (nSPS) is 17.0. The van der Waals surface area contributed by atoms with Crippen LogP contribution < -0.4 is 19.9 Å². The van der Waals surface area contributed by atoms with Crippen molar-refractivity contribution < 1.29 is 27.1 Å². The molecule has 1 aromatic heterocycles. The highest BCUT2D eigenvalue weighted by molar-refractivity contribution is 5.79. The van der Waals surface area contributed by atoms with E-state index in [-0.39, 0.29) is 12.1 Å². The van der Waals surface area contributed by atoms with Gasteiger partial charge in [0, 0.05) is 26.2 Å². The van der Waals surface area contributed by atoms with Crippen molar-refractivity contribution in [3.63, 3.8) is 0 Å². The van der Waals surface area contributed by atoms with Crippen LogP contribution in [0.5, 0.6) is 5.75 Å². The molecule has 11 heteroatoms. The second-order valence-corrected chi connectivity index (χ2v) is 7.56. The molecule has 0 aliphatic carbocycles. The van der Waals surface area contributed by atoms with Gasteiger partial charge in [-0.3, -0.25) is 4.79 Å². The number of hydrogen-bond donors (Lipinski definition) is 1. The third-order valence-corrected chi connectivity index (χ3v) is 5.09. The van der Waals surface area contributed by atoms with E-state index >= 15 is 0 Å². The second kappa shape index (κ2) is 10.5. The quantitative estimate of drug-likeness (QED) is 0.586. The summed E-state index contributed by atoms with van der Waals surface area (Å²) in [5, 5.41) is 2.24. The molecule has 1 amide bonds. The Balaban J connectivity index is 1.56. The first kappa shape index (κ1) is 23.6. The minimum Gasteiger partial charge on any atom is -0.489 e. The van der Waals surface area contributed by atoms with E-state index < -0.39 is 31.3 Å². The van der Waals surface area contributed by atoms with Crippen molar-refractivity contribution in [2.45, 2.75) is 38.3 Å². The van der Waals surface area contributed by atoms with E-state index in [9.17, 15) is 22.4 Å². The Labute approximate surface area is 183 Å². The third-order valence-electron chi connectivity index (χ3n) is 5.09. The highest BCUT2D eigenvalue weighted by Crippen LogP contribution is 2.24. The predicted octanol–water partition coefficient (Wildman–Crippen LogP) is 3.28. The first-order valence-corrected chi connectivity index (χ1v) is 10.2. The first-order chi connectivity index (χ1) is 15.2. The fraction of sp³-hybridized carbons (Fsp3) is 0.476. The van der Waals surface area contributed by atoms with Crippen LogP contribution in [0.15, 0.2) is 36.5 Å². The van der Waals surface area contributed by atoms with Crippen molar-refractivity contribution in [3.05, 3.63) is 42.1 Å². The van der Waals surface area contributed by atoms with Gasteiger partial charge >= 0.3 is 6.43 Å². The Kier molecular flexibility index (Phi) is 7.70.